The SMILES string of the molecule is CC(C)(C)CC1NC(C(=O)NCCC2COC(C)(C)O2)C(c2cccc(Cl)c2F)C1(N)c1ccc(Br)cn1. The number of pyridine rings is 1. The number of amides is 1. The third kappa shape index (κ3) is 6.24. The van der Waals surface area contributed by atoms with E-state index in [1.807, 2.05) is 26.0 Å². The van der Waals surface area contributed by atoms with Crippen LogP contribution in [0.2, 0.25) is 5.02 Å². The third-order valence-corrected chi connectivity index (χ3v) is 7.99. The highest BCUT2D eigenvalue weighted by atomic mass is 79.9. The van der Waals surface area contributed by atoms with E-state index in [9.17, 15) is 4.79 Å². The van der Waals surface area contributed by atoms with Crippen LogP contribution in [0.5, 0.6) is 0 Å². The van der Waals surface area contributed by atoms with Crippen molar-refractivity contribution in [2.24, 2.45) is 11.1 Å². The molecule has 3 heterocycles. The fourth-order valence-corrected chi connectivity index (χ4v) is 5.97. The molecule has 1 amide bonds. The van der Waals surface area contributed by atoms with Crippen LogP contribution in [0, 0.1) is 11.2 Å². The average Bonchev–Trinajstić information content (AvgIpc) is 3.31. The number of benzene rings is 1. The zero-order chi connectivity index (χ0) is 27.9. The molecule has 2 aliphatic rings. The Morgan fingerprint density at radius 2 is 2.05 bits per heavy atom. The molecule has 0 radical (unpaired) electrons. The van der Waals surface area contributed by atoms with Crippen molar-refractivity contribution in [2.75, 3.05) is 13.2 Å². The van der Waals surface area contributed by atoms with E-state index in [1.54, 1.807) is 18.3 Å². The van der Waals surface area contributed by atoms with Gasteiger partial charge in [-0.05, 0) is 71.8 Å². The van der Waals surface area contributed by atoms with Crippen molar-refractivity contribution in [1.29, 1.82) is 0 Å². The highest BCUT2D eigenvalue weighted by molar-refractivity contribution is 9.10. The fourth-order valence-electron chi connectivity index (χ4n) is 5.55. The molecule has 7 nitrogen and oxygen atoms in total. The summed E-state index contributed by atoms with van der Waals surface area (Å²) in [6, 6.07) is 7.32. The van der Waals surface area contributed by atoms with Crippen molar-refractivity contribution < 1.29 is 18.7 Å². The molecule has 0 spiro atoms. The van der Waals surface area contributed by atoms with E-state index in [1.165, 1.54) is 6.07 Å². The minimum absolute atomic E-state index is 0.0203. The zero-order valence-corrected chi connectivity index (χ0v) is 24.8. The predicted octanol–water partition coefficient (Wildman–Crippen LogP) is 5.01. The number of ether oxygens (including phenoxy) is 2. The quantitative estimate of drug-likeness (QED) is 0.407. The Kier molecular flexibility index (Phi) is 8.58. The van der Waals surface area contributed by atoms with Crippen molar-refractivity contribution in [3.05, 3.63) is 63.1 Å². The molecule has 5 atom stereocenters. The van der Waals surface area contributed by atoms with Gasteiger partial charge in [0.1, 0.15) is 5.82 Å². The molecular weight excluding hydrogens is 575 g/mol. The zero-order valence-electron chi connectivity index (χ0n) is 22.5. The first kappa shape index (κ1) is 29.4. The van der Waals surface area contributed by atoms with Crippen molar-refractivity contribution in [3.63, 3.8) is 0 Å². The maximum Gasteiger partial charge on any atom is 0.237 e. The highest BCUT2D eigenvalue weighted by Gasteiger charge is 2.58. The van der Waals surface area contributed by atoms with Crippen LogP contribution in [0.15, 0.2) is 41.0 Å². The van der Waals surface area contributed by atoms with E-state index in [4.69, 9.17) is 26.8 Å². The van der Waals surface area contributed by atoms with Gasteiger partial charge in [-0.2, -0.15) is 0 Å². The number of nitrogens with zero attached hydrogens (tertiary/aromatic N) is 1. The van der Waals surface area contributed by atoms with Crippen LogP contribution < -0.4 is 16.4 Å². The first-order valence-electron chi connectivity index (χ1n) is 12.9. The molecule has 1 aromatic heterocycles. The number of aromatic nitrogens is 1. The lowest BCUT2D eigenvalue weighted by Gasteiger charge is -2.38. The molecule has 38 heavy (non-hydrogen) atoms. The van der Waals surface area contributed by atoms with Crippen molar-refractivity contribution in [1.82, 2.24) is 15.6 Å². The van der Waals surface area contributed by atoms with E-state index in [2.05, 4.69) is 52.3 Å². The van der Waals surface area contributed by atoms with Gasteiger partial charge in [0.15, 0.2) is 5.79 Å². The minimum Gasteiger partial charge on any atom is -0.355 e. The number of halogens is 3. The first-order chi connectivity index (χ1) is 17.7. The summed E-state index contributed by atoms with van der Waals surface area (Å²) in [4.78, 5) is 18.4. The number of nitrogens with one attached hydrogen (secondary N) is 2. The average molecular weight is 612 g/mol. The van der Waals surface area contributed by atoms with Gasteiger partial charge in [-0.3, -0.25) is 9.78 Å². The Labute approximate surface area is 237 Å². The van der Waals surface area contributed by atoms with Gasteiger partial charge in [0, 0.05) is 29.2 Å². The van der Waals surface area contributed by atoms with E-state index in [-0.39, 0.29) is 34.1 Å². The normalized spacial score (nSPS) is 29.0. The van der Waals surface area contributed by atoms with Gasteiger partial charge in [-0.15, -0.1) is 0 Å². The molecule has 2 fully saturated rings. The van der Waals surface area contributed by atoms with Crippen LogP contribution in [0.3, 0.4) is 0 Å². The van der Waals surface area contributed by atoms with E-state index in [0.29, 0.717) is 31.7 Å². The van der Waals surface area contributed by atoms with Gasteiger partial charge >= 0.3 is 0 Å². The maximum atomic E-state index is 15.6. The molecule has 5 unspecified atom stereocenters. The summed E-state index contributed by atoms with van der Waals surface area (Å²) in [5, 5.41) is 6.48. The highest BCUT2D eigenvalue weighted by Crippen LogP contribution is 2.48. The number of carbonyl (C=O) groups is 1. The predicted molar refractivity (Wildman–Crippen MR) is 149 cm³/mol. The van der Waals surface area contributed by atoms with Crippen molar-refractivity contribution in [3.8, 4) is 0 Å². The number of carbonyl (C=O) groups excluding carboxylic acids is 1. The van der Waals surface area contributed by atoms with Gasteiger partial charge in [0.25, 0.3) is 0 Å². The van der Waals surface area contributed by atoms with E-state index >= 15 is 4.39 Å². The van der Waals surface area contributed by atoms with Crippen molar-refractivity contribution in [2.45, 2.75) is 82.9 Å². The Balaban J connectivity index is 1.70. The summed E-state index contributed by atoms with van der Waals surface area (Å²) in [6.45, 7) is 10.9. The number of hydrogen-bond donors (Lipinski definition) is 3. The summed E-state index contributed by atoms with van der Waals surface area (Å²) < 4.78 is 27.9. The Hall–Kier alpha value is -1.62. The summed E-state index contributed by atoms with van der Waals surface area (Å²) in [6.07, 6.45) is 2.77. The van der Waals surface area contributed by atoms with Gasteiger partial charge < -0.3 is 25.8 Å². The second-order valence-corrected chi connectivity index (χ2v) is 13.2. The van der Waals surface area contributed by atoms with Crippen LogP contribution in [0.4, 0.5) is 4.39 Å². The monoisotopic (exact) mass is 610 g/mol. The summed E-state index contributed by atoms with van der Waals surface area (Å²) in [5.74, 6) is -2.25. The second kappa shape index (κ2) is 11.1. The summed E-state index contributed by atoms with van der Waals surface area (Å²) >= 11 is 9.65. The molecule has 1 aromatic carbocycles. The fraction of sp³-hybridized carbons (Fsp3) is 0.571. The van der Waals surface area contributed by atoms with Crippen LogP contribution in [-0.2, 0) is 19.8 Å². The van der Waals surface area contributed by atoms with E-state index < -0.39 is 29.1 Å². The lowest BCUT2D eigenvalue weighted by molar-refractivity contribution is -0.138. The Morgan fingerprint density at radius 1 is 1.32 bits per heavy atom. The standard InChI is InChI=1S/C28H37BrClFN4O3/c1-26(2,3)13-21-28(32,20-10-9-16(29)14-34-20)22(18-7-6-8-19(30)23(18)31)24(35-21)25(36)33-12-11-17-15-37-27(4,5)38-17/h6-10,14,17,21-22,24,35H,11-13,15,32H2,1-5H3,(H,33,36). The van der Waals surface area contributed by atoms with Crippen LogP contribution >= 0.6 is 27.5 Å². The molecule has 2 saturated heterocycles. The molecule has 2 aromatic rings. The van der Waals surface area contributed by atoms with Crippen LogP contribution in [-0.4, -0.2) is 48.0 Å². The first-order valence-corrected chi connectivity index (χ1v) is 14.1. The van der Waals surface area contributed by atoms with Gasteiger partial charge in [-0.25, -0.2) is 4.39 Å². The van der Waals surface area contributed by atoms with Crippen LogP contribution in [0.25, 0.3) is 0 Å². The minimum atomic E-state index is -1.20. The molecule has 4 rings (SSSR count). The molecule has 0 saturated carbocycles. The topological polar surface area (TPSA) is 98.5 Å². The smallest absolute Gasteiger partial charge is 0.237 e. The third-order valence-electron chi connectivity index (χ3n) is 7.22. The molecule has 0 bridgehead atoms. The maximum absolute atomic E-state index is 15.6. The van der Waals surface area contributed by atoms with Crippen LogP contribution in [0.1, 0.15) is 64.6 Å². The summed E-state index contributed by atoms with van der Waals surface area (Å²) in [5.41, 5.74) is 6.82. The number of hydrogen-bond acceptors (Lipinski definition) is 6. The Bertz CT molecular complexity index is 1160. The summed E-state index contributed by atoms with van der Waals surface area (Å²) in [7, 11) is 0. The molecule has 208 valence electrons. The molecule has 10 heteroatoms. The second-order valence-electron chi connectivity index (χ2n) is 11.9. The number of nitrogens with two attached hydrogens (primary N) is 1. The number of rotatable bonds is 7. The van der Waals surface area contributed by atoms with Crippen molar-refractivity contribution >= 4 is 33.4 Å². The van der Waals surface area contributed by atoms with E-state index in [0.717, 1.165) is 4.47 Å². The van der Waals surface area contributed by atoms with Gasteiger partial charge in [0.2, 0.25) is 5.91 Å². The molecule has 2 aliphatic heterocycles. The molecular formula is C28H37BrClFN4O3. The Morgan fingerprint density at radius 3 is 2.66 bits per heavy atom. The molecule has 4 N–H and O–H groups in total. The van der Waals surface area contributed by atoms with Gasteiger partial charge in [0.05, 0.1) is 35.0 Å². The lowest BCUT2D eigenvalue weighted by atomic mass is 9.70. The van der Waals surface area contributed by atoms with Gasteiger partial charge in [-0.1, -0.05) is 44.5 Å². The largest absolute Gasteiger partial charge is 0.355 e. The lowest BCUT2D eigenvalue weighted by Crippen LogP contribution is -2.52. The molecule has 0 aliphatic carbocycles.